The van der Waals surface area contributed by atoms with Gasteiger partial charge >= 0.3 is 0 Å². The van der Waals surface area contributed by atoms with Gasteiger partial charge in [0.05, 0.1) is 0 Å². The Morgan fingerprint density at radius 1 is 1.14 bits per heavy atom. The molecule has 1 aromatic carbocycles. The van der Waals surface area contributed by atoms with Crippen molar-refractivity contribution < 1.29 is 0 Å². The van der Waals surface area contributed by atoms with Gasteiger partial charge in [-0.2, -0.15) is 0 Å². The minimum Gasteiger partial charge on any atom is -0.295 e. The summed E-state index contributed by atoms with van der Waals surface area (Å²) in [6.07, 6.45) is -0.101. The highest BCUT2D eigenvalue weighted by Crippen LogP contribution is 2.20. The smallest absolute Gasteiger partial charge is 0.195 e. The van der Waals surface area contributed by atoms with Gasteiger partial charge in [0, 0.05) is 10.6 Å². The lowest BCUT2D eigenvalue weighted by molar-refractivity contribution is 0.362. The molecule has 6 heteroatoms. The van der Waals surface area contributed by atoms with Crippen molar-refractivity contribution in [1.29, 1.82) is 0 Å². The average Bonchev–Trinajstić information content (AvgIpc) is 2.20. The maximum Gasteiger partial charge on any atom is 0.195 e. The predicted octanol–water partition coefficient (Wildman–Crippen LogP) is 0.825. The molecular weight excluding hydrogens is 220 g/mol. The number of hydrogen-bond donors (Lipinski definition) is 4. The highest BCUT2D eigenvalue weighted by atomic mass is 35.5. The molecule has 0 bridgehead atoms. The molecule has 0 aliphatic carbocycles. The average molecular weight is 229 g/mol. The molecule has 0 amide bonds. The number of halogens is 1. The molecule has 2 rings (SSSR count). The van der Waals surface area contributed by atoms with Crippen molar-refractivity contribution in [2.45, 2.75) is 6.17 Å². The van der Waals surface area contributed by atoms with Crippen molar-refractivity contribution in [3.05, 3.63) is 34.9 Å². The van der Waals surface area contributed by atoms with Crippen LogP contribution < -0.4 is 21.7 Å². The fourth-order valence-electron chi connectivity index (χ4n) is 1.21. The summed E-state index contributed by atoms with van der Waals surface area (Å²) < 4.78 is 0. The molecule has 0 atom stereocenters. The Hall–Kier alpha value is -0.880. The molecule has 1 heterocycles. The number of nitrogens with one attached hydrogen (secondary N) is 4. The third kappa shape index (κ3) is 1.96. The van der Waals surface area contributed by atoms with Crippen LogP contribution in [0.15, 0.2) is 24.3 Å². The standard InChI is InChI=1S/C8H9ClN4S/c9-6-4-2-1-3-5(6)7-10-12-8(14)13-11-7/h1-4,7,10-11H,(H2,12,13,14). The molecule has 74 valence electrons. The minimum absolute atomic E-state index is 0.101. The summed E-state index contributed by atoms with van der Waals surface area (Å²) in [5.74, 6) is 0. The van der Waals surface area contributed by atoms with Gasteiger partial charge in [-0.15, -0.1) is 0 Å². The van der Waals surface area contributed by atoms with E-state index in [0.29, 0.717) is 10.1 Å². The molecule has 4 nitrogen and oxygen atoms in total. The normalized spacial score (nSPS) is 17.4. The second kappa shape index (κ2) is 4.10. The zero-order valence-electron chi connectivity index (χ0n) is 7.17. The van der Waals surface area contributed by atoms with E-state index in [9.17, 15) is 0 Å². The van der Waals surface area contributed by atoms with Crippen LogP contribution in [0.5, 0.6) is 0 Å². The Morgan fingerprint density at radius 2 is 1.79 bits per heavy atom. The zero-order valence-corrected chi connectivity index (χ0v) is 8.75. The Balaban J connectivity index is 2.16. The van der Waals surface area contributed by atoms with Crippen LogP contribution in [-0.4, -0.2) is 5.11 Å². The molecule has 1 saturated heterocycles. The number of rotatable bonds is 1. The van der Waals surface area contributed by atoms with Crippen LogP contribution in [0.3, 0.4) is 0 Å². The van der Waals surface area contributed by atoms with E-state index in [1.807, 2.05) is 24.3 Å². The molecule has 0 unspecified atom stereocenters. The molecule has 1 aliphatic heterocycles. The van der Waals surface area contributed by atoms with Crippen molar-refractivity contribution in [3.8, 4) is 0 Å². The molecule has 0 saturated carbocycles. The van der Waals surface area contributed by atoms with Gasteiger partial charge in [-0.25, -0.2) is 10.9 Å². The van der Waals surface area contributed by atoms with E-state index in [2.05, 4.69) is 21.7 Å². The largest absolute Gasteiger partial charge is 0.295 e. The van der Waals surface area contributed by atoms with Crippen LogP contribution in [0.4, 0.5) is 0 Å². The SMILES string of the molecule is S=C1NNC(c2ccccc2Cl)NN1. The van der Waals surface area contributed by atoms with E-state index in [-0.39, 0.29) is 6.17 Å². The van der Waals surface area contributed by atoms with E-state index in [1.54, 1.807) is 0 Å². The van der Waals surface area contributed by atoms with Gasteiger partial charge in [0.25, 0.3) is 0 Å². The van der Waals surface area contributed by atoms with Crippen LogP contribution in [0.25, 0.3) is 0 Å². The molecule has 1 aliphatic rings. The lowest BCUT2D eigenvalue weighted by atomic mass is 10.2. The van der Waals surface area contributed by atoms with Crippen molar-refractivity contribution >= 4 is 28.9 Å². The molecule has 14 heavy (non-hydrogen) atoms. The lowest BCUT2D eigenvalue weighted by Gasteiger charge is -2.28. The lowest BCUT2D eigenvalue weighted by Crippen LogP contribution is -2.61. The monoisotopic (exact) mass is 228 g/mol. The highest BCUT2D eigenvalue weighted by molar-refractivity contribution is 7.80. The van der Waals surface area contributed by atoms with Crippen LogP contribution in [0.2, 0.25) is 5.02 Å². The first-order chi connectivity index (χ1) is 6.77. The molecule has 4 N–H and O–H groups in total. The van der Waals surface area contributed by atoms with Gasteiger partial charge in [-0.3, -0.25) is 10.9 Å². The van der Waals surface area contributed by atoms with E-state index in [0.717, 1.165) is 5.56 Å². The van der Waals surface area contributed by atoms with E-state index in [1.165, 1.54) is 0 Å². The molecule has 1 aromatic rings. The number of hydrazine groups is 2. The summed E-state index contributed by atoms with van der Waals surface area (Å²) in [4.78, 5) is 0. The molecule has 0 spiro atoms. The third-order valence-corrected chi connectivity index (χ3v) is 2.42. The third-order valence-electron chi connectivity index (χ3n) is 1.88. The first kappa shape index (κ1) is 9.67. The van der Waals surface area contributed by atoms with Gasteiger partial charge in [-0.1, -0.05) is 29.8 Å². The van der Waals surface area contributed by atoms with Gasteiger partial charge in [0.1, 0.15) is 6.17 Å². The quantitative estimate of drug-likeness (QED) is 0.537. The Morgan fingerprint density at radius 3 is 2.43 bits per heavy atom. The molecule has 1 fully saturated rings. The number of benzene rings is 1. The maximum atomic E-state index is 6.03. The van der Waals surface area contributed by atoms with Gasteiger partial charge in [0.15, 0.2) is 5.11 Å². The minimum atomic E-state index is -0.101. The van der Waals surface area contributed by atoms with Crippen LogP contribution >= 0.6 is 23.8 Å². The molecular formula is C8H9ClN4S. The molecule has 0 radical (unpaired) electrons. The van der Waals surface area contributed by atoms with Crippen molar-refractivity contribution in [2.75, 3.05) is 0 Å². The topological polar surface area (TPSA) is 48.1 Å². The maximum absolute atomic E-state index is 6.03. The Bertz CT molecular complexity index is 347. The van der Waals surface area contributed by atoms with Crippen LogP contribution in [0, 0.1) is 0 Å². The summed E-state index contributed by atoms with van der Waals surface area (Å²) in [6.45, 7) is 0. The second-order valence-electron chi connectivity index (χ2n) is 2.82. The van der Waals surface area contributed by atoms with Gasteiger partial charge in [0.2, 0.25) is 0 Å². The Kier molecular flexibility index (Phi) is 2.83. The predicted molar refractivity (Wildman–Crippen MR) is 59.3 cm³/mol. The Labute approximate surface area is 92.0 Å². The van der Waals surface area contributed by atoms with Gasteiger partial charge in [-0.05, 0) is 18.3 Å². The zero-order chi connectivity index (χ0) is 9.97. The fraction of sp³-hybridized carbons (Fsp3) is 0.125. The summed E-state index contributed by atoms with van der Waals surface area (Å²) >= 11 is 10.9. The number of thiocarbonyl (C=S) groups is 1. The molecule has 0 aromatic heterocycles. The summed E-state index contributed by atoms with van der Waals surface area (Å²) in [6, 6.07) is 7.59. The van der Waals surface area contributed by atoms with Crippen molar-refractivity contribution in [3.63, 3.8) is 0 Å². The summed E-state index contributed by atoms with van der Waals surface area (Å²) in [7, 11) is 0. The van der Waals surface area contributed by atoms with Crippen LogP contribution in [0.1, 0.15) is 11.7 Å². The first-order valence-corrected chi connectivity index (χ1v) is 4.87. The summed E-state index contributed by atoms with van der Waals surface area (Å²) in [5.41, 5.74) is 12.5. The first-order valence-electron chi connectivity index (χ1n) is 4.09. The fourth-order valence-corrected chi connectivity index (χ4v) is 1.57. The number of hydrogen-bond acceptors (Lipinski definition) is 3. The summed E-state index contributed by atoms with van der Waals surface area (Å²) in [5, 5.41) is 1.21. The van der Waals surface area contributed by atoms with Crippen molar-refractivity contribution in [2.24, 2.45) is 0 Å². The van der Waals surface area contributed by atoms with E-state index in [4.69, 9.17) is 23.8 Å². The highest BCUT2D eigenvalue weighted by Gasteiger charge is 2.17. The van der Waals surface area contributed by atoms with E-state index < -0.39 is 0 Å². The van der Waals surface area contributed by atoms with E-state index >= 15 is 0 Å². The van der Waals surface area contributed by atoms with Crippen molar-refractivity contribution in [1.82, 2.24) is 21.7 Å². The van der Waals surface area contributed by atoms with Crippen LogP contribution in [-0.2, 0) is 0 Å². The van der Waals surface area contributed by atoms with Gasteiger partial charge < -0.3 is 0 Å². The second-order valence-corrected chi connectivity index (χ2v) is 3.64.